The standard InChI is InChI=1S/C25H17Cl2N3O4/c1-32-21-12-17(27)10-15(23(21)33-2)13-28-30-24(29-19-6-4-3-5-18(19)25(30)31)22-11-14-9-16(26)7-8-20(14)34-22/h3-13H,1-2H3. The minimum absolute atomic E-state index is 0.236. The van der Waals surface area contributed by atoms with Crippen LogP contribution in [0.2, 0.25) is 10.0 Å². The highest BCUT2D eigenvalue weighted by molar-refractivity contribution is 6.31. The Kier molecular flexibility index (Phi) is 5.73. The van der Waals surface area contributed by atoms with Crippen LogP contribution in [0.3, 0.4) is 0 Å². The van der Waals surface area contributed by atoms with Gasteiger partial charge in [0.05, 0.1) is 31.3 Å². The lowest BCUT2D eigenvalue weighted by Crippen LogP contribution is -2.20. The Labute approximate surface area is 203 Å². The van der Waals surface area contributed by atoms with Crippen LogP contribution >= 0.6 is 23.2 Å². The molecule has 0 bridgehead atoms. The van der Waals surface area contributed by atoms with Gasteiger partial charge in [0.1, 0.15) is 5.58 Å². The van der Waals surface area contributed by atoms with E-state index in [-0.39, 0.29) is 11.4 Å². The first kappa shape index (κ1) is 22.0. The quantitative estimate of drug-likeness (QED) is 0.280. The van der Waals surface area contributed by atoms with E-state index in [1.54, 1.807) is 54.6 Å². The number of hydrogen-bond acceptors (Lipinski definition) is 6. The largest absolute Gasteiger partial charge is 0.493 e. The fourth-order valence-electron chi connectivity index (χ4n) is 3.69. The molecular formula is C25H17Cl2N3O4. The van der Waals surface area contributed by atoms with Crippen molar-refractivity contribution >= 4 is 51.3 Å². The summed E-state index contributed by atoms with van der Waals surface area (Å²) in [6.45, 7) is 0. The van der Waals surface area contributed by atoms with E-state index in [2.05, 4.69) is 10.1 Å². The van der Waals surface area contributed by atoms with Crippen LogP contribution in [-0.4, -0.2) is 30.1 Å². The molecule has 0 unspecified atom stereocenters. The molecule has 9 heteroatoms. The van der Waals surface area contributed by atoms with Crippen molar-refractivity contribution in [3.05, 3.63) is 86.6 Å². The molecule has 7 nitrogen and oxygen atoms in total. The number of hydrogen-bond donors (Lipinski definition) is 0. The van der Waals surface area contributed by atoms with Gasteiger partial charge >= 0.3 is 0 Å². The molecule has 0 saturated carbocycles. The van der Waals surface area contributed by atoms with Gasteiger partial charge in [-0.3, -0.25) is 4.79 Å². The number of fused-ring (bicyclic) bond motifs is 2. The summed E-state index contributed by atoms with van der Waals surface area (Å²) in [4.78, 5) is 18.1. The number of aromatic nitrogens is 2. The Bertz CT molecular complexity index is 1640. The monoisotopic (exact) mass is 493 g/mol. The fraction of sp³-hybridized carbons (Fsp3) is 0.0800. The van der Waals surface area contributed by atoms with Gasteiger partial charge in [0, 0.05) is 27.1 Å². The van der Waals surface area contributed by atoms with Gasteiger partial charge in [-0.1, -0.05) is 35.3 Å². The molecule has 0 saturated heterocycles. The van der Waals surface area contributed by atoms with Gasteiger partial charge in [-0.15, -0.1) is 0 Å². The van der Waals surface area contributed by atoms with Crippen LogP contribution in [0.1, 0.15) is 5.56 Å². The van der Waals surface area contributed by atoms with E-state index in [0.29, 0.717) is 49.4 Å². The zero-order chi connectivity index (χ0) is 23.8. The predicted molar refractivity (Wildman–Crippen MR) is 134 cm³/mol. The molecule has 0 N–H and O–H groups in total. The Morgan fingerprint density at radius 3 is 2.62 bits per heavy atom. The molecule has 170 valence electrons. The molecule has 2 heterocycles. The summed E-state index contributed by atoms with van der Waals surface area (Å²) in [5, 5.41) is 6.65. The highest BCUT2D eigenvalue weighted by Gasteiger charge is 2.17. The fourth-order valence-corrected chi connectivity index (χ4v) is 4.09. The van der Waals surface area contributed by atoms with Crippen molar-refractivity contribution in [1.82, 2.24) is 9.66 Å². The molecule has 2 aromatic heterocycles. The van der Waals surface area contributed by atoms with E-state index in [4.69, 9.17) is 37.1 Å². The summed E-state index contributed by atoms with van der Waals surface area (Å²) in [5.41, 5.74) is 1.30. The van der Waals surface area contributed by atoms with Crippen LogP contribution in [0.15, 0.2) is 75.0 Å². The number of ether oxygens (including phenoxy) is 2. The van der Waals surface area contributed by atoms with Gasteiger partial charge in [0.15, 0.2) is 17.3 Å². The number of halogens is 2. The molecule has 3 aromatic carbocycles. The number of furan rings is 1. The van der Waals surface area contributed by atoms with Gasteiger partial charge < -0.3 is 13.9 Å². The van der Waals surface area contributed by atoms with E-state index in [0.717, 1.165) is 5.39 Å². The minimum atomic E-state index is -0.358. The summed E-state index contributed by atoms with van der Waals surface area (Å²) in [5.74, 6) is 1.47. The average molecular weight is 494 g/mol. The van der Waals surface area contributed by atoms with Crippen molar-refractivity contribution in [3.63, 3.8) is 0 Å². The molecule has 0 spiro atoms. The van der Waals surface area contributed by atoms with E-state index in [9.17, 15) is 4.79 Å². The Morgan fingerprint density at radius 1 is 1.00 bits per heavy atom. The zero-order valence-electron chi connectivity index (χ0n) is 18.1. The normalized spacial score (nSPS) is 11.5. The van der Waals surface area contributed by atoms with Crippen molar-refractivity contribution in [2.24, 2.45) is 5.10 Å². The SMILES string of the molecule is COc1cc(Cl)cc(C=Nn2c(-c3cc4cc(Cl)ccc4o3)nc3ccccc3c2=O)c1OC. The number of benzene rings is 3. The molecule has 5 rings (SSSR count). The lowest BCUT2D eigenvalue weighted by Gasteiger charge is -2.11. The first-order valence-corrected chi connectivity index (χ1v) is 10.9. The molecule has 34 heavy (non-hydrogen) atoms. The maximum atomic E-state index is 13.4. The number of rotatable bonds is 5. The van der Waals surface area contributed by atoms with Crippen LogP contribution in [0, 0.1) is 0 Å². The predicted octanol–water partition coefficient (Wildman–Crippen LogP) is 6.02. The molecule has 5 aromatic rings. The number of para-hydroxylation sites is 1. The second-order valence-electron chi connectivity index (χ2n) is 7.34. The van der Waals surface area contributed by atoms with Crippen molar-refractivity contribution in [3.8, 4) is 23.1 Å². The smallest absolute Gasteiger partial charge is 0.282 e. The molecule has 0 aliphatic rings. The Hall–Kier alpha value is -3.81. The van der Waals surface area contributed by atoms with E-state index in [1.807, 2.05) is 6.07 Å². The third-order valence-corrected chi connectivity index (χ3v) is 5.69. The Morgan fingerprint density at radius 2 is 1.82 bits per heavy atom. The van der Waals surface area contributed by atoms with Gasteiger partial charge in [0.2, 0.25) is 5.82 Å². The summed E-state index contributed by atoms with van der Waals surface area (Å²) in [7, 11) is 3.02. The van der Waals surface area contributed by atoms with Gasteiger partial charge in [-0.2, -0.15) is 9.78 Å². The summed E-state index contributed by atoms with van der Waals surface area (Å²) in [6.07, 6.45) is 1.47. The van der Waals surface area contributed by atoms with Crippen LogP contribution < -0.4 is 15.0 Å². The maximum absolute atomic E-state index is 13.4. The van der Waals surface area contributed by atoms with Crippen molar-refractivity contribution in [2.45, 2.75) is 0 Å². The number of nitrogens with zero attached hydrogens (tertiary/aromatic N) is 3. The summed E-state index contributed by atoms with van der Waals surface area (Å²) in [6, 6.07) is 17.4. The maximum Gasteiger partial charge on any atom is 0.282 e. The van der Waals surface area contributed by atoms with Crippen LogP contribution in [0.4, 0.5) is 0 Å². The lowest BCUT2D eigenvalue weighted by atomic mass is 10.2. The topological polar surface area (TPSA) is 78.9 Å². The van der Waals surface area contributed by atoms with Gasteiger partial charge in [-0.25, -0.2) is 4.98 Å². The first-order valence-electron chi connectivity index (χ1n) is 10.2. The van der Waals surface area contributed by atoms with Crippen LogP contribution in [0.25, 0.3) is 33.5 Å². The lowest BCUT2D eigenvalue weighted by molar-refractivity contribution is 0.354. The molecule has 0 fully saturated rings. The van der Waals surface area contributed by atoms with Gasteiger partial charge in [0.25, 0.3) is 5.56 Å². The molecule has 0 atom stereocenters. The second kappa shape index (κ2) is 8.85. The number of methoxy groups -OCH3 is 2. The molecule has 0 radical (unpaired) electrons. The first-order chi connectivity index (χ1) is 16.5. The molecule has 0 aliphatic heterocycles. The summed E-state index contributed by atoms with van der Waals surface area (Å²) < 4.78 is 18.0. The Balaban J connectivity index is 1.74. The van der Waals surface area contributed by atoms with E-state index in [1.165, 1.54) is 25.1 Å². The highest BCUT2D eigenvalue weighted by Crippen LogP contribution is 2.34. The van der Waals surface area contributed by atoms with Crippen molar-refractivity contribution < 1.29 is 13.9 Å². The third kappa shape index (κ3) is 3.89. The average Bonchev–Trinajstić information content (AvgIpc) is 3.26. The van der Waals surface area contributed by atoms with Crippen molar-refractivity contribution in [1.29, 1.82) is 0 Å². The zero-order valence-corrected chi connectivity index (χ0v) is 19.6. The van der Waals surface area contributed by atoms with Crippen LogP contribution in [-0.2, 0) is 0 Å². The van der Waals surface area contributed by atoms with Crippen molar-refractivity contribution in [2.75, 3.05) is 14.2 Å². The molecule has 0 amide bonds. The van der Waals surface area contributed by atoms with E-state index >= 15 is 0 Å². The minimum Gasteiger partial charge on any atom is -0.493 e. The van der Waals surface area contributed by atoms with E-state index < -0.39 is 0 Å². The van der Waals surface area contributed by atoms with Gasteiger partial charge in [-0.05, 0) is 42.5 Å². The molecular weight excluding hydrogens is 477 g/mol. The second-order valence-corrected chi connectivity index (χ2v) is 8.21. The van der Waals surface area contributed by atoms with Crippen LogP contribution in [0.5, 0.6) is 11.5 Å². The summed E-state index contributed by atoms with van der Waals surface area (Å²) >= 11 is 12.4. The molecule has 0 aliphatic carbocycles. The highest BCUT2D eigenvalue weighted by atomic mass is 35.5. The third-order valence-electron chi connectivity index (χ3n) is 5.24.